The summed E-state index contributed by atoms with van der Waals surface area (Å²) in [4.78, 5) is 21.3. The minimum absolute atomic E-state index is 0.00924. The molecule has 1 aliphatic carbocycles. The summed E-state index contributed by atoms with van der Waals surface area (Å²) in [6, 6.07) is 0. The zero-order valence-corrected chi connectivity index (χ0v) is 9.02. The molecule has 80 valence electrons. The maximum Gasteiger partial charge on any atom is 0.313 e. The van der Waals surface area contributed by atoms with Gasteiger partial charge in [-0.15, -0.1) is 11.8 Å². The van der Waals surface area contributed by atoms with Crippen molar-refractivity contribution in [3.63, 3.8) is 0 Å². The first-order chi connectivity index (χ1) is 6.52. The molecule has 2 N–H and O–H groups in total. The summed E-state index contributed by atoms with van der Waals surface area (Å²) < 4.78 is 0. The lowest BCUT2D eigenvalue weighted by Gasteiger charge is -2.09. The number of thioether (sulfide) groups is 1. The van der Waals surface area contributed by atoms with Gasteiger partial charge in [-0.25, -0.2) is 0 Å². The molecule has 0 spiro atoms. The number of rotatable bonds is 6. The van der Waals surface area contributed by atoms with Crippen molar-refractivity contribution in [3.8, 4) is 0 Å². The van der Waals surface area contributed by atoms with Crippen LogP contribution < -0.4 is 5.32 Å². The summed E-state index contributed by atoms with van der Waals surface area (Å²) in [7, 11) is 0. The van der Waals surface area contributed by atoms with E-state index in [9.17, 15) is 9.59 Å². The minimum atomic E-state index is -0.878. The van der Waals surface area contributed by atoms with E-state index in [0.29, 0.717) is 5.41 Å². The molecule has 1 amide bonds. The Morgan fingerprint density at radius 3 is 2.57 bits per heavy atom. The summed E-state index contributed by atoms with van der Waals surface area (Å²) in [5.41, 5.74) is 0.313. The third-order valence-corrected chi connectivity index (χ3v) is 3.19. The predicted octanol–water partition coefficient (Wildman–Crippen LogP) is 0.720. The molecule has 0 bridgehead atoms. The smallest absolute Gasteiger partial charge is 0.313 e. The van der Waals surface area contributed by atoms with E-state index < -0.39 is 5.97 Å². The Bertz CT molecular complexity index is 238. The van der Waals surface area contributed by atoms with E-state index >= 15 is 0 Å². The average Bonchev–Trinajstić information content (AvgIpc) is 2.81. The highest BCUT2D eigenvalue weighted by molar-refractivity contribution is 8.00. The summed E-state index contributed by atoms with van der Waals surface area (Å²) in [5, 5.41) is 11.1. The molecule has 0 aliphatic heterocycles. The van der Waals surface area contributed by atoms with Gasteiger partial charge in [0.15, 0.2) is 0 Å². The molecule has 0 aromatic rings. The highest BCUT2D eigenvalue weighted by atomic mass is 32.2. The molecular formula is C9H15NO3S. The molecular weight excluding hydrogens is 202 g/mol. The van der Waals surface area contributed by atoms with E-state index in [0.717, 1.165) is 18.3 Å². The molecule has 0 unspecified atom stereocenters. The quantitative estimate of drug-likeness (QED) is 0.688. The lowest BCUT2D eigenvalue weighted by atomic mass is 10.1. The van der Waals surface area contributed by atoms with Crippen LogP contribution in [0.15, 0.2) is 0 Å². The second-order valence-electron chi connectivity index (χ2n) is 3.97. The average molecular weight is 217 g/mol. The first-order valence-electron chi connectivity index (χ1n) is 4.58. The monoisotopic (exact) mass is 217 g/mol. The van der Waals surface area contributed by atoms with Crippen molar-refractivity contribution in [2.75, 3.05) is 18.1 Å². The maximum atomic E-state index is 11.2. The van der Waals surface area contributed by atoms with Gasteiger partial charge in [0.2, 0.25) is 5.91 Å². The molecule has 1 fully saturated rings. The van der Waals surface area contributed by atoms with Crippen LogP contribution in [0.4, 0.5) is 0 Å². The fourth-order valence-electron chi connectivity index (χ4n) is 0.984. The van der Waals surface area contributed by atoms with E-state index in [1.54, 1.807) is 0 Å². The van der Waals surface area contributed by atoms with Crippen LogP contribution in [0.25, 0.3) is 0 Å². The van der Waals surface area contributed by atoms with Gasteiger partial charge < -0.3 is 10.4 Å². The van der Waals surface area contributed by atoms with Crippen molar-refractivity contribution in [3.05, 3.63) is 0 Å². The Kier molecular flexibility index (Phi) is 3.80. The van der Waals surface area contributed by atoms with E-state index in [1.165, 1.54) is 12.8 Å². The maximum absolute atomic E-state index is 11.2. The molecule has 0 atom stereocenters. The highest BCUT2D eigenvalue weighted by Crippen LogP contribution is 2.43. The molecule has 1 saturated carbocycles. The third kappa shape index (κ3) is 4.50. The number of hydrogen-bond donors (Lipinski definition) is 2. The molecule has 0 aromatic heterocycles. The number of carboxylic acid groups (broad SMARTS) is 1. The van der Waals surface area contributed by atoms with Crippen LogP contribution in [-0.2, 0) is 9.59 Å². The van der Waals surface area contributed by atoms with Crippen molar-refractivity contribution >= 4 is 23.6 Å². The Morgan fingerprint density at radius 2 is 2.07 bits per heavy atom. The van der Waals surface area contributed by atoms with Crippen molar-refractivity contribution in [1.82, 2.24) is 5.32 Å². The van der Waals surface area contributed by atoms with Gasteiger partial charge in [0.1, 0.15) is 0 Å². The van der Waals surface area contributed by atoms with Crippen molar-refractivity contribution in [2.45, 2.75) is 19.8 Å². The van der Waals surface area contributed by atoms with Gasteiger partial charge in [-0.2, -0.15) is 0 Å². The zero-order chi connectivity index (χ0) is 10.6. The molecule has 1 aliphatic rings. The number of carbonyl (C=O) groups excluding carboxylic acids is 1. The molecule has 0 aromatic carbocycles. The van der Waals surface area contributed by atoms with Crippen LogP contribution in [0, 0.1) is 5.41 Å². The van der Waals surface area contributed by atoms with E-state index in [2.05, 4.69) is 12.2 Å². The van der Waals surface area contributed by atoms with E-state index in [1.807, 2.05) is 0 Å². The Morgan fingerprint density at radius 1 is 1.43 bits per heavy atom. The van der Waals surface area contributed by atoms with E-state index in [-0.39, 0.29) is 17.4 Å². The first kappa shape index (κ1) is 11.4. The molecule has 5 heteroatoms. The van der Waals surface area contributed by atoms with Crippen LogP contribution in [0.2, 0.25) is 0 Å². The van der Waals surface area contributed by atoms with Crippen molar-refractivity contribution < 1.29 is 14.7 Å². The number of nitrogens with one attached hydrogen (secondary N) is 1. The standard InChI is InChI=1S/C9H15NO3S/c1-9(2-3-9)6-10-7(11)4-14-5-8(12)13/h2-6H2,1H3,(H,10,11)(H,12,13). The highest BCUT2D eigenvalue weighted by Gasteiger charge is 2.37. The normalized spacial score (nSPS) is 17.5. The van der Waals surface area contributed by atoms with Crippen molar-refractivity contribution in [2.24, 2.45) is 5.41 Å². The van der Waals surface area contributed by atoms with Crippen LogP contribution >= 0.6 is 11.8 Å². The number of amides is 1. The van der Waals surface area contributed by atoms with Gasteiger partial charge in [-0.05, 0) is 18.3 Å². The largest absolute Gasteiger partial charge is 0.481 e. The molecule has 0 saturated heterocycles. The second-order valence-corrected chi connectivity index (χ2v) is 4.96. The molecule has 0 radical (unpaired) electrons. The van der Waals surface area contributed by atoms with Gasteiger partial charge in [-0.1, -0.05) is 6.92 Å². The lowest BCUT2D eigenvalue weighted by molar-refractivity contribution is -0.133. The molecule has 14 heavy (non-hydrogen) atoms. The Hall–Kier alpha value is -0.710. The topological polar surface area (TPSA) is 66.4 Å². The summed E-state index contributed by atoms with van der Waals surface area (Å²) in [5.74, 6) is -0.714. The minimum Gasteiger partial charge on any atom is -0.481 e. The number of carboxylic acids is 1. The van der Waals surface area contributed by atoms with Crippen LogP contribution in [0.1, 0.15) is 19.8 Å². The number of carbonyl (C=O) groups is 2. The van der Waals surface area contributed by atoms with Gasteiger partial charge in [0.25, 0.3) is 0 Å². The zero-order valence-electron chi connectivity index (χ0n) is 8.21. The first-order valence-corrected chi connectivity index (χ1v) is 5.74. The van der Waals surface area contributed by atoms with Crippen molar-refractivity contribution in [1.29, 1.82) is 0 Å². The summed E-state index contributed by atoms with van der Waals surface area (Å²) >= 11 is 1.13. The van der Waals surface area contributed by atoms with E-state index in [4.69, 9.17) is 5.11 Å². The number of aliphatic carboxylic acids is 1. The Labute approximate surface area is 87.4 Å². The number of hydrogen-bond acceptors (Lipinski definition) is 3. The fourth-order valence-corrected chi connectivity index (χ4v) is 1.55. The molecule has 1 rings (SSSR count). The van der Waals surface area contributed by atoms with Gasteiger partial charge >= 0.3 is 5.97 Å². The van der Waals surface area contributed by atoms with Crippen LogP contribution in [-0.4, -0.2) is 35.0 Å². The summed E-state index contributed by atoms with van der Waals surface area (Å²) in [6.45, 7) is 2.86. The predicted molar refractivity (Wildman–Crippen MR) is 55.3 cm³/mol. The molecule has 4 nitrogen and oxygen atoms in total. The lowest BCUT2D eigenvalue weighted by Crippen LogP contribution is -2.30. The van der Waals surface area contributed by atoms with Crippen LogP contribution in [0.3, 0.4) is 0 Å². The molecule has 0 heterocycles. The van der Waals surface area contributed by atoms with Gasteiger partial charge in [-0.3, -0.25) is 9.59 Å². The third-order valence-electron chi connectivity index (χ3n) is 2.27. The SMILES string of the molecule is CC1(CNC(=O)CSCC(=O)O)CC1. The fraction of sp³-hybridized carbons (Fsp3) is 0.778. The summed E-state index contributed by atoms with van der Waals surface area (Å²) in [6.07, 6.45) is 2.35. The van der Waals surface area contributed by atoms with Gasteiger partial charge in [0, 0.05) is 6.54 Å². The van der Waals surface area contributed by atoms with Crippen LogP contribution in [0.5, 0.6) is 0 Å². The Balaban J connectivity index is 2.01. The van der Waals surface area contributed by atoms with Gasteiger partial charge in [0.05, 0.1) is 11.5 Å². The second kappa shape index (κ2) is 4.68.